The van der Waals surface area contributed by atoms with Crippen molar-refractivity contribution in [2.45, 2.75) is 0 Å². The molecule has 0 fully saturated rings. The Morgan fingerprint density at radius 3 is 1.60 bits per heavy atom. The van der Waals surface area contributed by atoms with Crippen LogP contribution in [0.5, 0.6) is 0 Å². The van der Waals surface area contributed by atoms with Crippen molar-refractivity contribution in [3.63, 3.8) is 0 Å². The van der Waals surface area contributed by atoms with E-state index in [-0.39, 0.29) is 0 Å². The number of hydrogen-bond acceptors (Lipinski definition) is 5. The van der Waals surface area contributed by atoms with Crippen LogP contribution in [-0.4, -0.2) is 33.9 Å². The van der Waals surface area contributed by atoms with E-state index in [2.05, 4.69) is 185 Å². The van der Waals surface area contributed by atoms with Gasteiger partial charge in [0.25, 0.3) is 0 Å². The maximum Gasteiger partial charge on any atom is 0.221 e. The quantitative estimate of drug-likeness (QED) is 0.178. The van der Waals surface area contributed by atoms with E-state index in [4.69, 9.17) is 24.9 Å². The van der Waals surface area contributed by atoms with Crippen LogP contribution in [0.3, 0.4) is 0 Å². The van der Waals surface area contributed by atoms with Gasteiger partial charge >= 0.3 is 0 Å². The number of rotatable bonds is 4. The Morgan fingerprint density at radius 2 is 0.883 bits per heavy atom. The van der Waals surface area contributed by atoms with E-state index < -0.39 is 0 Å². The molecule has 0 aliphatic heterocycles. The Kier molecular flexibility index (Phi) is 6.88. The van der Waals surface area contributed by atoms with Crippen molar-refractivity contribution in [1.29, 1.82) is 0 Å². The third kappa shape index (κ3) is 4.80. The first-order valence-corrected chi connectivity index (χ1v) is 20.1. The summed E-state index contributed by atoms with van der Waals surface area (Å²) in [6, 6.07) is 65.6. The third-order valence-corrected chi connectivity index (χ3v) is 11.9. The second-order valence-corrected chi connectivity index (χ2v) is 15.3. The normalized spacial score (nSPS) is 12.0. The molecule has 13 aromatic rings. The molecule has 7 nitrogen and oxygen atoms in total. The van der Waals surface area contributed by atoms with Crippen LogP contribution >= 0.6 is 0 Å². The molecule has 0 saturated heterocycles. The molecule has 0 radical (unpaired) electrons. The number of hydrogen-bond donors (Lipinski definition) is 0. The molecule has 0 unspecified atom stereocenters. The van der Waals surface area contributed by atoms with Crippen LogP contribution in [0.15, 0.2) is 188 Å². The highest BCUT2D eigenvalue weighted by atomic mass is 15.2. The van der Waals surface area contributed by atoms with Gasteiger partial charge in [0.1, 0.15) is 5.65 Å². The average molecular weight is 766 g/mol. The molecule has 0 amide bonds. The highest BCUT2D eigenvalue weighted by Crippen LogP contribution is 2.40. The Hall–Kier alpha value is -8.29. The Balaban J connectivity index is 1.12. The molecule has 13 rings (SSSR count). The van der Waals surface area contributed by atoms with Crippen molar-refractivity contribution in [3.8, 4) is 40.1 Å². The lowest BCUT2D eigenvalue weighted by Gasteiger charge is -2.13. The third-order valence-electron chi connectivity index (χ3n) is 11.9. The molecule has 0 saturated carbocycles. The Morgan fingerprint density at radius 1 is 0.333 bits per heavy atom. The lowest BCUT2D eigenvalue weighted by Crippen LogP contribution is -2.06. The van der Waals surface area contributed by atoms with Crippen molar-refractivity contribution in [2.24, 2.45) is 0 Å². The minimum atomic E-state index is 0.603. The SMILES string of the molecule is c1ccc2c(-c3nc(-c4ccc5c(c4)c4c6ccccc6ccc4n5-c4nc5ccccc5c5nc6ccccc6n45)nc(-c4cccc5ccccc45)n3)cccc2c1. The largest absolute Gasteiger partial charge is 0.279 e. The van der Waals surface area contributed by atoms with Crippen LogP contribution in [0.25, 0.3) is 122 Å². The Bertz CT molecular complexity index is 3810. The van der Waals surface area contributed by atoms with Crippen molar-refractivity contribution in [1.82, 2.24) is 33.9 Å². The lowest BCUT2D eigenvalue weighted by atomic mass is 10.0. The van der Waals surface area contributed by atoms with E-state index in [1.165, 1.54) is 0 Å². The lowest BCUT2D eigenvalue weighted by molar-refractivity contribution is 0.979. The van der Waals surface area contributed by atoms with Crippen LogP contribution in [0.2, 0.25) is 0 Å². The first-order valence-electron chi connectivity index (χ1n) is 20.1. The number of imidazole rings is 1. The highest BCUT2D eigenvalue weighted by molar-refractivity contribution is 6.22. The summed E-state index contributed by atoms with van der Waals surface area (Å²) in [5.74, 6) is 2.63. The minimum absolute atomic E-state index is 0.603. The van der Waals surface area contributed by atoms with Gasteiger partial charge in [-0.3, -0.25) is 8.97 Å². The molecule has 60 heavy (non-hydrogen) atoms. The van der Waals surface area contributed by atoms with Gasteiger partial charge in [-0.1, -0.05) is 140 Å². The summed E-state index contributed by atoms with van der Waals surface area (Å²) in [6.07, 6.45) is 0. The molecular formula is C53H31N7. The molecule has 7 heteroatoms. The van der Waals surface area contributed by atoms with Gasteiger partial charge in [0.2, 0.25) is 5.95 Å². The summed E-state index contributed by atoms with van der Waals surface area (Å²) in [6.45, 7) is 0. The predicted molar refractivity (Wildman–Crippen MR) is 245 cm³/mol. The maximum absolute atomic E-state index is 5.42. The maximum atomic E-state index is 5.42. The summed E-state index contributed by atoms with van der Waals surface area (Å²) >= 11 is 0. The van der Waals surface area contributed by atoms with E-state index in [0.29, 0.717) is 17.5 Å². The standard InChI is InChI=1S/C53H31N7/c1-4-18-36-32(13-1)16-11-22-39(36)50-56-49(57-51(58-50)40-23-12-17-33-14-2-5-19-37(33)40)35-28-29-45-42(31-35)48-38-20-6-3-15-34(38)27-30-47(48)59(45)53-55-43-24-8-7-21-41(43)52-54-44-25-9-10-26-46(44)60(52)53/h1-31H. The zero-order valence-electron chi connectivity index (χ0n) is 32.0. The van der Waals surface area contributed by atoms with Gasteiger partial charge < -0.3 is 0 Å². The summed E-state index contributed by atoms with van der Waals surface area (Å²) in [5, 5.41) is 9.98. The van der Waals surface area contributed by atoms with Crippen LogP contribution in [0.1, 0.15) is 0 Å². The van der Waals surface area contributed by atoms with Crippen LogP contribution in [0.4, 0.5) is 0 Å². The summed E-state index contributed by atoms with van der Waals surface area (Å²) < 4.78 is 4.50. The zero-order valence-corrected chi connectivity index (χ0v) is 32.0. The second kappa shape index (κ2) is 12.6. The molecule has 4 aromatic heterocycles. The van der Waals surface area contributed by atoms with Crippen molar-refractivity contribution >= 4 is 81.7 Å². The molecule has 0 N–H and O–H groups in total. The van der Waals surface area contributed by atoms with Gasteiger partial charge in [0.15, 0.2) is 17.5 Å². The zero-order chi connectivity index (χ0) is 39.3. The second-order valence-electron chi connectivity index (χ2n) is 15.3. The first kappa shape index (κ1) is 32.8. The van der Waals surface area contributed by atoms with Crippen molar-refractivity contribution in [2.75, 3.05) is 0 Å². The molecule has 0 bridgehead atoms. The minimum Gasteiger partial charge on any atom is -0.279 e. The van der Waals surface area contributed by atoms with E-state index in [1.54, 1.807) is 0 Å². The number of fused-ring (bicyclic) bond motifs is 12. The topological polar surface area (TPSA) is 73.8 Å². The van der Waals surface area contributed by atoms with Crippen molar-refractivity contribution in [3.05, 3.63) is 188 Å². The van der Waals surface area contributed by atoms with E-state index in [1.807, 2.05) is 12.1 Å². The highest BCUT2D eigenvalue weighted by Gasteiger charge is 2.23. The monoisotopic (exact) mass is 765 g/mol. The van der Waals surface area contributed by atoms with Gasteiger partial charge in [-0.25, -0.2) is 24.9 Å². The smallest absolute Gasteiger partial charge is 0.221 e. The van der Waals surface area contributed by atoms with Gasteiger partial charge in [-0.2, -0.15) is 0 Å². The van der Waals surface area contributed by atoms with Crippen LogP contribution in [-0.2, 0) is 0 Å². The molecule has 9 aromatic carbocycles. The van der Waals surface area contributed by atoms with Gasteiger partial charge in [-0.05, 0) is 80.8 Å². The van der Waals surface area contributed by atoms with E-state index >= 15 is 0 Å². The summed E-state index contributed by atoms with van der Waals surface area (Å²) in [7, 11) is 0. The summed E-state index contributed by atoms with van der Waals surface area (Å²) in [5.41, 5.74) is 8.55. The van der Waals surface area contributed by atoms with Gasteiger partial charge in [0.05, 0.1) is 27.6 Å². The summed E-state index contributed by atoms with van der Waals surface area (Å²) in [4.78, 5) is 26.4. The average Bonchev–Trinajstić information content (AvgIpc) is 3.87. The van der Waals surface area contributed by atoms with Gasteiger partial charge in [0, 0.05) is 32.8 Å². The number of para-hydroxylation sites is 3. The van der Waals surface area contributed by atoms with Crippen molar-refractivity contribution < 1.29 is 0 Å². The molecule has 0 aliphatic rings. The molecular weight excluding hydrogens is 735 g/mol. The fourth-order valence-electron chi connectivity index (χ4n) is 9.21. The molecule has 278 valence electrons. The van der Waals surface area contributed by atoms with Gasteiger partial charge in [-0.15, -0.1) is 0 Å². The fraction of sp³-hybridized carbons (Fsp3) is 0. The number of aromatic nitrogens is 7. The van der Waals surface area contributed by atoms with E-state index in [9.17, 15) is 0 Å². The van der Waals surface area contributed by atoms with Crippen LogP contribution < -0.4 is 0 Å². The van der Waals surface area contributed by atoms with Crippen LogP contribution in [0, 0.1) is 0 Å². The predicted octanol–water partition coefficient (Wildman–Crippen LogP) is 12.8. The molecule has 0 spiro atoms. The molecule has 0 aliphatic carbocycles. The molecule has 4 heterocycles. The first-order chi connectivity index (χ1) is 29.7. The molecule has 0 atom stereocenters. The number of nitrogens with zero attached hydrogens (tertiary/aromatic N) is 7. The van der Waals surface area contributed by atoms with E-state index in [0.717, 1.165) is 104 Å². The number of benzene rings is 9. The fourth-order valence-corrected chi connectivity index (χ4v) is 9.21. The Labute approximate surface area is 342 Å².